The normalized spacial score (nSPS) is 11.2. The van der Waals surface area contributed by atoms with Gasteiger partial charge in [0.15, 0.2) is 0 Å². The molecule has 3 aromatic carbocycles. The Morgan fingerprint density at radius 3 is 2.29 bits per heavy atom. The minimum Gasteiger partial charge on any atom is -0.369 e. The number of carbonyl (C=O) groups is 1. The van der Waals surface area contributed by atoms with Crippen LogP contribution in [0.15, 0.2) is 72.8 Å². The van der Waals surface area contributed by atoms with E-state index >= 15 is 0 Å². The molecule has 0 radical (unpaired) electrons. The minimum atomic E-state index is -0.305. The first-order chi connectivity index (χ1) is 11.7. The van der Waals surface area contributed by atoms with Crippen LogP contribution in [0.1, 0.15) is 11.1 Å². The molecule has 0 spiro atoms. The molecule has 0 aliphatic heterocycles. The van der Waals surface area contributed by atoms with Gasteiger partial charge in [0.1, 0.15) is 0 Å². The van der Waals surface area contributed by atoms with Crippen LogP contribution in [0.4, 0.5) is 0 Å². The van der Waals surface area contributed by atoms with Crippen molar-refractivity contribution in [2.24, 2.45) is 5.73 Å². The smallest absolute Gasteiger partial charge is 0.221 e. The highest BCUT2D eigenvalue weighted by Gasteiger charge is 2.11. The molecule has 0 atom stereocenters. The molecule has 0 unspecified atom stereocenters. The summed E-state index contributed by atoms with van der Waals surface area (Å²) >= 11 is 0. The molecular weight excluding hydrogens is 296 g/mol. The minimum absolute atomic E-state index is 0.267. The van der Waals surface area contributed by atoms with E-state index < -0.39 is 0 Å². The molecule has 118 valence electrons. The SMILES string of the molecule is NC(=O)Cc1ccc2c3ccccc3n(Cc3ccccc3)c2c1. The highest BCUT2D eigenvalue weighted by Crippen LogP contribution is 2.30. The lowest BCUT2D eigenvalue weighted by Gasteiger charge is -2.08. The number of nitrogens with zero attached hydrogens (tertiary/aromatic N) is 1. The van der Waals surface area contributed by atoms with E-state index in [4.69, 9.17) is 5.73 Å². The average molecular weight is 314 g/mol. The Balaban J connectivity index is 1.94. The summed E-state index contributed by atoms with van der Waals surface area (Å²) in [6.45, 7) is 0.797. The molecule has 0 aliphatic rings. The molecule has 0 aliphatic carbocycles. The molecule has 4 rings (SSSR count). The number of hydrogen-bond acceptors (Lipinski definition) is 1. The van der Waals surface area contributed by atoms with E-state index in [1.165, 1.54) is 21.9 Å². The van der Waals surface area contributed by atoms with E-state index in [2.05, 4.69) is 65.2 Å². The predicted molar refractivity (Wildman–Crippen MR) is 97.9 cm³/mol. The van der Waals surface area contributed by atoms with Gasteiger partial charge in [-0.05, 0) is 23.3 Å². The van der Waals surface area contributed by atoms with E-state index in [9.17, 15) is 4.79 Å². The number of benzene rings is 3. The number of fused-ring (bicyclic) bond motifs is 3. The molecule has 0 saturated heterocycles. The number of nitrogens with two attached hydrogens (primary N) is 1. The monoisotopic (exact) mass is 314 g/mol. The van der Waals surface area contributed by atoms with Crippen LogP contribution in [0.5, 0.6) is 0 Å². The van der Waals surface area contributed by atoms with Gasteiger partial charge < -0.3 is 10.3 Å². The van der Waals surface area contributed by atoms with Gasteiger partial charge in [0.2, 0.25) is 5.91 Å². The zero-order chi connectivity index (χ0) is 16.5. The summed E-state index contributed by atoms with van der Waals surface area (Å²) in [6, 6.07) is 25.0. The van der Waals surface area contributed by atoms with Crippen molar-refractivity contribution >= 4 is 27.7 Å². The summed E-state index contributed by atoms with van der Waals surface area (Å²) in [6.07, 6.45) is 0.267. The molecule has 4 aromatic rings. The first-order valence-electron chi connectivity index (χ1n) is 8.04. The second-order valence-corrected chi connectivity index (χ2v) is 6.08. The zero-order valence-electron chi connectivity index (χ0n) is 13.3. The van der Waals surface area contributed by atoms with Crippen molar-refractivity contribution in [1.82, 2.24) is 4.57 Å². The fraction of sp³-hybridized carbons (Fsp3) is 0.0952. The third-order valence-electron chi connectivity index (χ3n) is 4.40. The molecule has 1 amide bonds. The second kappa shape index (κ2) is 5.85. The fourth-order valence-corrected chi connectivity index (χ4v) is 3.34. The Labute approximate surface area is 140 Å². The fourth-order valence-electron chi connectivity index (χ4n) is 3.34. The highest BCUT2D eigenvalue weighted by molar-refractivity contribution is 6.08. The van der Waals surface area contributed by atoms with Crippen molar-refractivity contribution in [1.29, 1.82) is 0 Å². The van der Waals surface area contributed by atoms with Gasteiger partial charge in [0.25, 0.3) is 0 Å². The summed E-state index contributed by atoms with van der Waals surface area (Å²) in [5, 5.41) is 2.43. The molecule has 0 bridgehead atoms. The van der Waals surface area contributed by atoms with E-state index in [-0.39, 0.29) is 12.3 Å². The topological polar surface area (TPSA) is 48.0 Å². The first kappa shape index (κ1) is 14.5. The molecular formula is C21H18N2O. The lowest BCUT2D eigenvalue weighted by molar-refractivity contribution is -0.117. The number of carbonyl (C=O) groups excluding carboxylic acids is 1. The largest absolute Gasteiger partial charge is 0.369 e. The van der Waals surface area contributed by atoms with Gasteiger partial charge in [-0.1, -0.05) is 60.7 Å². The molecule has 24 heavy (non-hydrogen) atoms. The lowest BCUT2D eigenvalue weighted by Crippen LogP contribution is -2.13. The molecule has 3 nitrogen and oxygen atoms in total. The Morgan fingerprint density at radius 2 is 1.50 bits per heavy atom. The van der Waals surface area contributed by atoms with Gasteiger partial charge in [-0.15, -0.1) is 0 Å². The number of hydrogen-bond donors (Lipinski definition) is 1. The molecule has 0 saturated carbocycles. The highest BCUT2D eigenvalue weighted by atomic mass is 16.1. The summed E-state index contributed by atoms with van der Waals surface area (Å²) in [4.78, 5) is 11.3. The standard InChI is InChI=1S/C21H18N2O/c22-21(24)13-16-10-11-18-17-8-4-5-9-19(17)23(20(18)12-16)14-15-6-2-1-3-7-15/h1-12H,13-14H2,(H2,22,24). The van der Waals surface area contributed by atoms with Gasteiger partial charge in [-0.2, -0.15) is 0 Å². The molecule has 1 aromatic heterocycles. The summed E-state index contributed by atoms with van der Waals surface area (Å²) in [5.41, 5.74) is 9.90. The summed E-state index contributed by atoms with van der Waals surface area (Å²) < 4.78 is 2.31. The Hall–Kier alpha value is -3.07. The third kappa shape index (κ3) is 2.54. The molecule has 0 fully saturated rings. The third-order valence-corrected chi connectivity index (χ3v) is 4.40. The van der Waals surface area contributed by atoms with Crippen molar-refractivity contribution < 1.29 is 4.79 Å². The number of primary amides is 1. The second-order valence-electron chi connectivity index (χ2n) is 6.08. The maximum Gasteiger partial charge on any atom is 0.221 e. The van der Waals surface area contributed by atoms with Crippen molar-refractivity contribution in [2.45, 2.75) is 13.0 Å². The Kier molecular flexibility index (Phi) is 3.54. The van der Waals surface area contributed by atoms with Crippen molar-refractivity contribution in [3.8, 4) is 0 Å². The maximum absolute atomic E-state index is 11.3. The van der Waals surface area contributed by atoms with Crippen molar-refractivity contribution in [2.75, 3.05) is 0 Å². The maximum atomic E-state index is 11.3. The number of amides is 1. The van der Waals surface area contributed by atoms with Crippen LogP contribution in [-0.4, -0.2) is 10.5 Å². The lowest BCUT2D eigenvalue weighted by atomic mass is 10.1. The van der Waals surface area contributed by atoms with Crippen molar-refractivity contribution in [3.63, 3.8) is 0 Å². The van der Waals surface area contributed by atoms with Crippen LogP contribution in [-0.2, 0) is 17.8 Å². The van der Waals surface area contributed by atoms with E-state index in [1.54, 1.807) is 0 Å². The first-order valence-corrected chi connectivity index (χ1v) is 8.04. The van der Waals surface area contributed by atoms with Crippen LogP contribution in [0, 0.1) is 0 Å². The number of aromatic nitrogens is 1. The predicted octanol–water partition coefficient (Wildman–Crippen LogP) is 3.87. The Morgan fingerprint density at radius 1 is 0.792 bits per heavy atom. The number of rotatable bonds is 4. The summed E-state index contributed by atoms with van der Waals surface area (Å²) in [7, 11) is 0. The van der Waals surface area contributed by atoms with Crippen LogP contribution in [0.25, 0.3) is 21.8 Å². The van der Waals surface area contributed by atoms with Gasteiger partial charge in [0.05, 0.1) is 6.42 Å². The summed E-state index contributed by atoms with van der Waals surface area (Å²) in [5.74, 6) is -0.305. The Bertz CT molecular complexity index is 1030. The van der Waals surface area contributed by atoms with Crippen LogP contribution < -0.4 is 5.73 Å². The van der Waals surface area contributed by atoms with Crippen LogP contribution in [0.3, 0.4) is 0 Å². The number of para-hydroxylation sites is 1. The zero-order valence-corrected chi connectivity index (χ0v) is 13.3. The van der Waals surface area contributed by atoms with Gasteiger partial charge in [-0.3, -0.25) is 4.79 Å². The molecule has 3 heteroatoms. The van der Waals surface area contributed by atoms with Crippen molar-refractivity contribution in [3.05, 3.63) is 83.9 Å². The van der Waals surface area contributed by atoms with Crippen LogP contribution in [0.2, 0.25) is 0 Å². The van der Waals surface area contributed by atoms with E-state index in [0.717, 1.165) is 17.6 Å². The van der Waals surface area contributed by atoms with Gasteiger partial charge in [-0.25, -0.2) is 0 Å². The van der Waals surface area contributed by atoms with Crippen LogP contribution >= 0.6 is 0 Å². The van der Waals surface area contributed by atoms with E-state index in [1.807, 2.05) is 12.1 Å². The average Bonchev–Trinajstić information content (AvgIpc) is 2.89. The van der Waals surface area contributed by atoms with Gasteiger partial charge >= 0.3 is 0 Å². The molecule has 2 N–H and O–H groups in total. The van der Waals surface area contributed by atoms with E-state index in [0.29, 0.717) is 0 Å². The quantitative estimate of drug-likeness (QED) is 0.611. The van der Waals surface area contributed by atoms with Gasteiger partial charge in [0, 0.05) is 28.4 Å². The molecule has 1 heterocycles.